The molecule has 0 aliphatic rings. The molecule has 0 radical (unpaired) electrons. The Morgan fingerprint density at radius 1 is 0.804 bits per heavy atom. The van der Waals surface area contributed by atoms with E-state index in [1.165, 1.54) is 62.6 Å². The SMILES string of the molecule is CCCCNC(=O)C(Cc1ccccc1)N(Cc1c(Cl)cccc1Cl)C(=O)CN(c1cc(Cl)ccc1OC)S(=O)(=O)c1ccc(OC)c(OC)c1. The first-order chi connectivity index (χ1) is 24.4. The molecule has 1 N–H and O–H groups in total. The Labute approximate surface area is 314 Å². The largest absolute Gasteiger partial charge is 0.495 e. The van der Waals surface area contributed by atoms with E-state index in [4.69, 9.17) is 49.0 Å². The Balaban J connectivity index is 1.90. The second-order valence-electron chi connectivity index (χ2n) is 11.4. The van der Waals surface area contributed by atoms with Gasteiger partial charge in [0.1, 0.15) is 18.3 Å². The molecule has 0 saturated carbocycles. The Morgan fingerprint density at radius 2 is 1.45 bits per heavy atom. The van der Waals surface area contributed by atoms with E-state index in [1.54, 1.807) is 18.2 Å². The van der Waals surface area contributed by atoms with Crippen molar-refractivity contribution in [1.82, 2.24) is 10.2 Å². The van der Waals surface area contributed by atoms with Crippen LogP contribution in [-0.2, 0) is 32.6 Å². The molecular weight excluding hydrogens is 737 g/mol. The minimum Gasteiger partial charge on any atom is -0.495 e. The van der Waals surface area contributed by atoms with Crippen LogP contribution in [0, 0.1) is 0 Å². The lowest BCUT2D eigenvalue weighted by Crippen LogP contribution is -2.53. The summed E-state index contributed by atoms with van der Waals surface area (Å²) in [5.74, 6) is -0.540. The molecule has 1 atom stereocenters. The smallest absolute Gasteiger partial charge is 0.265 e. The molecule has 0 aliphatic heterocycles. The molecule has 0 heterocycles. The lowest BCUT2D eigenvalue weighted by atomic mass is 10.0. The van der Waals surface area contributed by atoms with Crippen LogP contribution >= 0.6 is 34.8 Å². The highest BCUT2D eigenvalue weighted by Crippen LogP contribution is 2.37. The number of unbranched alkanes of at least 4 members (excludes halogenated alkanes) is 1. The number of hydrogen-bond donors (Lipinski definition) is 1. The van der Waals surface area contributed by atoms with Crippen molar-refractivity contribution >= 4 is 62.3 Å². The van der Waals surface area contributed by atoms with Crippen LogP contribution in [0.4, 0.5) is 5.69 Å². The fourth-order valence-electron chi connectivity index (χ4n) is 5.39. The molecule has 272 valence electrons. The van der Waals surface area contributed by atoms with Crippen molar-refractivity contribution in [2.45, 2.75) is 43.7 Å². The van der Waals surface area contributed by atoms with Crippen molar-refractivity contribution in [3.63, 3.8) is 0 Å². The van der Waals surface area contributed by atoms with Gasteiger partial charge in [0.05, 0.1) is 31.9 Å². The van der Waals surface area contributed by atoms with Crippen molar-refractivity contribution in [2.75, 3.05) is 38.7 Å². The van der Waals surface area contributed by atoms with E-state index in [-0.39, 0.29) is 50.1 Å². The van der Waals surface area contributed by atoms with E-state index < -0.39 is 34.4 Å². The monoisotopic (exact) mass is 775 g/mol. The van der Waals surface area contributed by atoms with E-state index in [0.29, 0.717) is 17.9 Å². The van der Waals surface area contributed by atoms with Crippen LogP contribution in [0.2, 0.25) is 15.1 Å². The normalized spacial score (nSPS) is 11.7. The van der Waals surface area contributed by atoms with E-state index in [1.807, 2.05) is 37.3 Å². The van der Waals surface area contributed by atoms with E-state index in [2.05, 4.69) is 5.32 Å². The number of sulfonamides is 1. The summed E-state index contributed by atoms with van der Waals surface area (Å²) >= 11 is 19.6. The quantitative estimate of drug-likeness (QED) is 0.111. The lowest BCUT2D eigenvalue weighted by Gasteiger charge is -2.34. The van der Waals surface area contributed by atoms with Crippen molar-refractivity contribution in [3.05, 3.63) is 111 Å². The number of anilines is 1. The summed E-state index contributed by atoms with van der Waals surface area (Å²) in [5, 5.41) is 3.70. The molecule has 0 fully saturated rings. The predicted octanol–water partition coefficient (Wildman–Crippen LogP) is 7.42. The highest BCUT2D eigenvalue weighted by atomic mass is 35.5. The molecule has 51 heavy (non-hydrogen) atoms. The van der Waals surface area contributed by atoms with Crippen LogP contribution in [0.5, 0.6) is 17.2 Å². The van der Waals surface area contributed by atoms with Crippen molar-refractivity contribution < 1.29 is 32.2 Å². The van der Waals surface area contributed by atoms with Gasteiger partial charge in [-0.25, -0.2) is 8.42 Å². The Bertz CT molecular complexity index is 1910. The predicted molar refractivity (Wildman–Crippen MR) is 201 cm³/mol. The summed E-state index contributed by atoms with van der Waals surface area (Å²) in [6, 6.07) is 21.6. The number of carbonyl (C=O) groups is 2. The highest BCUT2D eigenvalue weighted by molar-refractivity contribution is 7.92. The number of methoxy groups -OCH3 is 3. The number of benzene rings is 4. The number of carbonyl (C=O) groups excluding carboxylic acids is 2. The first kappa shape index (κ1) is 39.6. The third-order valence-electron chi connectivity index (χ3n) is 8.12. The number of rotatable bonds is 17. The zero-order chi connectivity index (χ0) is 37.1. The summed E-state index contributed by atoms with van der Waals surface area (Å²) in [7, 11) is -0.360. The standard InChI is InChI=1S/C37H40Cl3N3O7S/c1-5-6-19-41-37(45)32(20-25-11-8-7-9-12-25)42(23-28-29(39)13-10-14-30(28)40)36(44)24-43(31-21-26(38)15-17-33(31)48-2)51(46,47)27-16-18-34(49-3)35(22-27)50-4/h7-18,21-22,32H,5-6,19-20,23-24H2,1-4H3,(H,41,45). The Hall–Kier alpha value is -4.16. The van der Waals surface area contributed by atoms with Gasteiger partial charge in [0, 0.05) is 46.2 Å². The fourth-order valence-corrected chi connectivity index (χ4v) is 7.51. The minimum atomic E-state index is -4.54. The average Bonchev–Trinajstić information content (AvgIpc) is 3.13. The molecule has 4 aromatic rings. The maximum atomic E-state index is 14.8. The molecule has 0 spiro atoms. The summed E-state index contributed by atoms with van der Waals surface area (Å²) < 4.78 is 46.4. The number of nitrogens with one attached hydrogen (secondary N) is 1. The van der Waals surface area contributed by atoms with Gasteiger partial charge in [-0.15, -0.1) is 0 Å². The van der Waals surface area contributed by atoms with Crippen LogP contribution in [0.25, 0.3) is 0 Å². The maximum Gasteiger partial charge on any atom is 0.265 e. The highest BCUT2D eigenvalue weighted by Gasteiger charge is 2.36. The van der Waals surface area contributed by atoms with Gasteiger partial charge in [-0.3, -0.25) is 13.9 Å². The zero-order valence-electron chi connectivity index (χ0n) is 28.7. The van der Waals surface area contributed by atoms with Crippen LogP contribution in [-0.4, -0.2) is 65.6 Å². The van der Waals surface area contributed by atoms with E-state index in [0.717, 1.165) is 22.7 Å². The topological polar surface area (TPSA) is 114 Å². The molecule has 2 amide bonds. The first-order valence-electron chi connectivity index (χ1n) is 16.1. The second-order valence-corrected chi connectivity index (χ2v) is 14.5. The zero-order valence-corrected chi connectivity index (χ0v) is 31.8. The third kappa shape index (κ3) is 9.79. The maximum absolute atomic E-state index is 14.8. The van der Waals surface area contributed by atoms with Crippen LogP contribution in [0.1, 0.15) is 30.9 Å². The van der Waals surface area contributed by atoms with Crippen molar-refractivity contribution in [3.8, 4) is 17.2 Å². The molecular formula is C37H40Cl3N3O7S. The number of halogens is 3. The van der Waals surface area contributed by atoms with Crippen molar-refractivity contribution in [1.29, 1.82) is 0 Å². The molecule has 0 saturated heterocycles. The van der Waals surface area contributed by atoms with E-state index >= 15 is 0 Å². The van der Waals surface area contributed by atoms with Crippen LogP contribution < -0.4 is 23.8 Å². The van der Waals surface area contributed by atoms with E-state index in [9.17, 15) is 18.0 Å². The molecule has 0 bridgehead atoms. The molecule has 0 aliphatic carbocycles. The van der Waals surface area contributed by atoms with Gasteiger partial charge in [0.15, 0.2) is 11.5 Å². The summed E-state index contributed by atoms with van der Waals surface area (Å²) in [5.41, 5.74) is 1.17. The molecule has 1 unspecified atom stereocenters. The van der Waals surface area contributed by atoms with Gasteiger partial charge in [-0.2, -0.15) is 0 Å². The number of amides is 2. The summed E-state index contributed by atoms with van der Waals surface area (Å²) in [6.07, 6.45) is 1.68. The van der Waals surface area contributed by atoms with Gasteiger partial charge in [0.25, 0.3) is 10.0 Å². The van der Waals surface area contributed by atoms with Crippen LogP contribution in [0.15, 0.2) is 89.8 Å². The minimum absolute atomic E-state index is 0.00383. The Kier molecular flexibility index (Phi) is 14.3. The number of hydrogen-bond acceptors (Lipinski definition) is 7. The van der Waals surface area contributed by atoms with Gasteiger partial charge < -0.3 is 24.4 Å². The molecule has 14 heteroatoms. The fraction of sp³-hybridized carbons (Fsp3) is 0.297. The van der Waals surface area contributed by atoms with Gasteiger partial charge in [0.2, 0.25) is 11.8 Å². The third-order valence-corrected chi connectivity index (χ3v) is 10.8. The lowest BCUT2D eigenvalue weighted by molar-refractivity contribution is -0.140. The molecule has 0 aromatic heterocycles. The van der Waals surface area contributed by atoms with Gasteiger partial charge in [-0.1, -0.05) is 84.5 Å². The number of ether oxygens (including phenoxy) is 3. The summed E-state index contributed by atoms with van der Waals surface area (Å²) in [6.45, 7) is 1.42. The summed E-state index contributed by atoms with van der Waals surface area (Å²) in [4.78, 5) is 30.0. The number of nitrogens with zero attached hydrogens (tertiary/aromatic N) is 2. The second kappa shape index (κ2) is 18.4. The molecule has 10 nitrogen and oxygen atoms in total. The first-order valence-corrected chi connectivity index (χ1v) is 18.6. The molecule has 4 aromatic carbocycles. The van der Waals surface area contributed by atoms with Crippen LogP contribution in [0.3, 0.4) is 0 Å². The molecule has 4 rings (SSSR count). The van der Waals surface area contributed by atoms with Crippen molar-refractivity contribution in [2.24, 2.45) is 0 Å². The average molecular weight is 777 g/mol. The van der Waals surface area contributed by atoms with Gasteiger partial charge in [-0.05, 0) is 54.4 Å². The Morgan fingerprint density at radius 3 is 2.08 bits per heavy atom. The van der Waals surface area contributed by atoms with Gasteiger partial charge >= 0.3 is 0 Å².